The molecule has 1 saturated heterocycles. The van der Waals surface area contributed by atoms with Crippen LogP contribution in [0.5, 0.6) is 5.75 Å². The Morgan fingerprint density at radius 2 is 2.12 bits per heavy atom. The minimum Gasteiger partial charge on any atom is -0.482 e. The number of nitrogens with zero attached hydrogens (tertiary/aromatic N) is 2. The lowest BCUT2D eigenvalue weighted by Crippen LogP contribution is -2.49. The topological polar surface area (TPSA) is 114 Å². The molecule has 1 fully saturated rings. The Bertz CT molecular complexity index is 678. The number of hydrogen-bond acceptors (Lipinski definition) is 6. The number of nitro benzene ring substituents is 1. The van der Waals surface area contributed by atoms with Gasteiger partial charge in [0.25, 0.3) is 11.6 Å². The van der Waals surface area contributed by atoms with Crippen molar-refractivity contribution in [3.05, 3.63) is 28.3 Å². The van der Waals surface area contributed by atoms with E-state index in [4.69, 9.17) is 4.74 Å². The predicted molar refractivity (Wildman–Crippen MR) is 92.2 cm³/mol. The van der Waals surface area contributed by atoms with Crippen LogP contribution < -0.4 is 20.3 Å². The van der Waals surface area contributed by atoms with Crippen LogP contribution in [-0.4, -0.2) is 49.0 Å². The largest absolute Gasteiger partial charge is 0.482 e. The van der Waals surface area contributed by atoms with Crippen molar-refractivity contribution in [2.75, 3.05) is 31.1 Å². The lowest BCUT2D eigenvalue weighted by Gasteiger charge is -2.30. The van der Waals surface area contributed by atoms with Gasteiger partial charge in [-0.05, 0) is 32.0 Å². The average molecular weight is 371 g/mol. The molecule has 0 aromatic heterocycles. The van der Waals surface area contributed by atoms with Gasteiger partial charge in [-0.25, -0.2) is 0 Å². The summed E-state index contributed by atoms with van der Waals surface area (Å²) in [5.41, 5.74) is 0.0942. The molecule has 0 bridgehead atoms. The van der Waals surface area contributed by atoms with Crippen LogP contribution in [0.25, 0.3) is 0 Å². The van der Waals surface area contributed by atoms with Crippen molar-refractivity contribution >= 4 is 35.6 Å². The van der Waals surface area contributed by atoms with Crippen LogP contribution >= 0.6 is 12.4 Å². The van der Waals surface area contributed by atoms with Gasteiger partial charge in [-0.1, -0.05) is 0 Å². The van der Waals surface area contributed by atoms with Crippen LogP contribution in [0.3, 0.4) is 0 Å². The molecule has 25 heavy (non-hydrogen) atoms. The minimum absolute atomic E-state index is 0. The Hall–Kier alpha value is -2.39. The summed E-state index contributed by atoms with van der Waals surface area (Å²) in [6.45, 7) is 1.32. The van der Waals surface area contributed by atoms with E-state index in [9.17, 15) is 19.7 Å². The lowest BCUT2D eigenvalue weighted by molar-refractivity contribution is -0.384. The maximum atomic E-state index is 12.3. The molecule has 2 N–H and O–H groups in total. The van der Waals surface area contributed by atoms with Crippen LogP contribution in [-0.2, 0) is 9.59 Å². The third kappa shape index (κ3) is 4.37. The maximum absolute atomic E-state index is 12.3. The molecule has 2 aliphatic heterocycles. The van der Waals surface area contributed by atoms with Crippen molar-refractivity contribution in [2.45, 2.75) is 18.9 Å². The number of ether oxygens (including phenoxy) is 1. The summed E-state index contributed by atoms with van der Waals surface area (Å²) in [5.74, 6) is -0.326. The molecule has 2 aliphatic rings. The molecule has 0 atom stereocenters. The second kappa shape index (κ2) is 8.13. The molecule has 1 aromatic carbocycles. The zero-order valence-corrected chi connectivity index (χ0v) is 14.2. The molecule has 2 amide bonds. The van der Waals surface area contributed by atoms with E-state index in [0.29, 0.717) is 5.75 Å². The van der Waals surface area contributed by atoms with Gasteiger partial charge in [0.15, 0.2) is 6.61 Å². The van der Waals surface area contributed by atoms with E-state index in [1.807, 2.05) is 0 Å². The lowest BCUT2D eigenvalue weighted by atomic mass is 10.1. The van der Waals surface area contributed by atoms with E-state index in [2.05, 4.69) is 10.6 Å². The van der Waals surface area contributed by atoms with E-state index in [1.165, 1.54) is 23.1 Å². The molecule has 0 saturated carbocycles. The maximum Gasteiger partial charge on any atom is 0.271 e. The number of nitrogens with one attached hydrogen (secondary N) is 2. The fourth-order valence-corrected chi connectivity index (χ4v) is 2.86. The highest BCUT2D eigenvalue weighted by atomic mass is 35.5. The standard InChI is InChI=1S/C15H18N4O5.ClH/c20-14(17-10-3-5-16-6-4-10)8-18-12-7-11(19(22)23)1-2-13(12)24-9-15(18)21;/h1-2,7,10,16H,3-6,8-9H2,(H,17,20);1H. The van der Waals surface area contributed by atoms with Gasteiger partial charge in [-0.2, -0.15) is 0 Å². The van der Waals surface area contributed by atoms with Gasteiger partial charge in [-0.15, -0.1) is 12.4 Å². The van der Waals surface area contributed by atoms with Gasteiger partial charge in [0, 0.05) is 18.2 Å². The van der Waals surface area contributed by atoms with E-state index in [0.717, 1.165) is 25.9 Å². The van der Waals surface area contributed by atoms with Crippen LogP contribution in [0.15, 0.2) is 18.2 Å². The number of benzene rings is 1. The summed E-state index contributed by atoms with van der Waals surface area (Å²) >= 11 is 0. The third-order valence-electron chi connectivity index (χ3n) is 4.10. The smallest absolute Gasteiger partial charge is 0.271 e. The SMILES string of the molecule is Cl.O=C(CN1C(=O)COc2ccc([N+](=O)[O-])cc21)NC1CCNCC1. The Labute approximate surface area is 150 Å². The van der Waals surface area contributed by atoms with Gasteiger partial charge in [0.1, 0.15) is 12.3 Å². The number of carbonyl (C=O) groups is 2. The average Bonchev–Trinajstić information content (AvgIpc) is 2.58. The summed E-state index contributed by atoms with van der Waals surface area (Å²) in [6.07, 6.45) is 1.68. The Kier molecular flexibility index (Phi) is 6.16. The molecular formula is C15H19ClN4O5. The highest BCUT2D eigenvalue weighted by molar-refractivity contribution is 6.02. The van der Waals surface area contributed by atoms with E-state index >= 15 is 0 Å². The Morgan fingerprint density at radius 3 is 2.80 bits per heavy atom. The first-order chi connectivity index (χ1) is 11.5. The summed E-state index contributed by atoms with van der Waals surface area (Å²) in [7, 11) is 0. The van der Waals surface area contributed by atoms with Crippen molar-refractivity contribution in [3.63, 3.8) is 0 Å². The molecule has 2 heterocycles. The van der Waals surface area contributed by atoms with Crippen molar-refractivity contribution in [1.82, 2.24) is 10.6 Å². The van der Waals surface area contributed by atoms with E-state index in [-0.39, 0.29) is 48.9 Å². The van der Waals surface area contributed by atoms with Crippen LogP contribution in [0.4, 0.5) is 11.4 Å². The number of carbonyl (C=O) groups excluding carboxylic acids is 2. The molecule has 0 spiro atoms. The third-order valence-corrected chi connectivity index (χ3v) is 4.10. The number of hydrogen-bond donors (Lipinski definition) is 2. The molecule has 0 aliphatic carbocycles. The minimum atomic E-state index is -0.549. The first-order valence-electron chi connectivity index (χ1n) is 7.76. The predicted octanol–water partition coefficient (Wildman–Crippen LogP) is 0.610. The highest BCUT2D eigenvalue weighted by Crippen LogP contribution is 2.35. The number of nitro groups is 1. The highest BCUT2D eigenvalue weighted by Gasteiger charge is 2.29. The second-order valence-electron chi connectivity index (χ2n) is 5.77. The first kappa shape index (κ1) is 18.9. The summed E-state index contributed by atoms with van der Waals surface area (Å²) in [5, 5.41) is 17.1. The van der Waals surface area contributed by atoms with Crippen molar-refractivity contribution in [1.29, 1.82) is 0 Å². The van der Waals surface area contributed by atoms with Gasteiger partial charge < -0.3 is 15.4 Å². The van der Waals surface area contributed by atoms with Gasteiger partial charge in [0.2, 0.25) is 5.91 Å². The van der Waals surface area contributed by atoms with Crippen molar-refractivity contribution in [2.24, 2.45) is 0 Å². The van der Waals surface area contributed by atoms with Crippen LogP contribution in [0.2, 0.25) is 0 Å². The molecule has 3 rings (SSSR count). The number of amides is 2. The van der Waals surface area contributed by atoms with E-state index < -0.39 is 10.8 Å². The van der Waals surface area contributed by atoms with E-state index in [1.54, 1.807) is 0 Å². The first-order valence-corrected chi connectivity index (χ1v) is 7.76. The number of piperidine rings is 1. The molecule has 1 aromatic rings. The fourth-order valence-electron chi connectivity index (χ4n) is 2.86. The molecule has 10 heteroatoms. The number of rotatable bonds is 4. The second-order valence-corrected chi connectivity index (χ2v) is 5.77. The van der Waals surface area contributed by atoms with Crippen molar-refractivity contribution < 1.29 is 19.2 Å². The summed E-state index contributed by atoms with van der Waals surface area (Å²) in [4.78, 5) is 36.0. The van der Waals surface area contributed by atoms with Crippen LogP contribution in [0, 0.1) is 10.1 Å². The molecule has 0 unspecified atom stereocenters. The number of anilines is 1. The normalized spacial score (nSPS) is 17.1. The number of non-ortho nitro benzene ring substituents is 1. The van der Waals surface area contributed by atoms with Gasteiger partial charge in [0.05, 0.1) is 10.6 Å². The molecular weight excluding hydrogens is 352 g/mol. The number of halogens is 1. The molecule has 9 nitrogen and oxygen atoms in total. The molecule has 0 radical (unpaired) electrons. The van der Waals surface area contributed by atoms with Gasteiger partial charge in [-0.3, -0.25) is 24.6 Å². The Morgan fingerprint density at radius 1 is 1.40 bits per heavy atom. The summed E-state index contributed by atoms with van der Waals surface area (Å²) < 4.78 is 5.28. The summed E-state index contributed by atoms with van der Waals surface area (Å²) in [6, 6.07) is 4.09. The monoisotopic (exact) mass is 370 g/mol. The zero-order valence-electron chi connectivity index (χ0n) is 13.4. The quantitative estimate of drug-likeness (QED) is 0.593. The van der Waals surface area contributed by atoms with Crippen LogP contribution in [0.1, 0.15) is 12.8 Å². The Balaban J connectivity index is 0.00000225. The molecule has 136 valence electrons. The fraction of sp³-hybridized carbons (Fsp3) is 0.467. The van der Waals surface area contributed by atoms with Gasteiger partial charge >= 0.3 is 0 Å². The number of fused-ring (bicyclic) bond motifs is 1. The van der Waals surface area contributed by atoms with Crippen molar-refractivity contribution in [3.8, 4) is 5.75 Å². The zero-order chi connectivity index (χ0) is 17.1.